The number of thiophene rings is 1. The van der Waals surface area contributed by atoms with Crippen LogP contribution in [0, 0.1) is 2.88 Å². The summed E-state index contributed by atoms with van der Waals surface area (Å²) < 4.78 is 1.06. The van der Waals surface area contributed by atoms with Crippen LogP contribution in [0.1, 0.15) is 26.3 Å². The molecule has 0 aliphatic carbocycles. The predicted molar refractivity (Wildman–Crippen MR) is 81.6 cm³/mol. The van der Waals surface area contributed by atoms with E-state index in [0.29, 0.717) is 12.1 Å². The molecule has 98 valence electrons. The third-order valence-electron chi connectivity index (χ3n) is 2.48. The molecule has 0 fully saturated rings. The van der Waals surface area contributed by atoms with Gasteiger partial charge in [0.1, 0.15) is 0 Å². The average molecular weight is 387 g/mol. The summed E-state index contributed by atoms with van der Waals surface area (Å²) in [5.74, 6) is -1.08. The highest BCUT2D eigenvalue weighted by molar-refractivity contribution is 14.1. The van der Waals surface area contributed by atoms with Crippen LogP contribution in [0.5, 0.6) is 0 Å². The minimum atomic E-state index is -0.955. The molecule has 19 heavy (non-hydrogen) atoms. The van der Waals surface area contributed by atoms with Crippen LogP contribution in [-0.2, 0) is 6.54 Å². The van der Waals surface area contributed by atoms with Crippen LogP contribution in [0.15, 0.2) is 35.7 Å². The van der Waals surface area contributed by atoms with Crippen molar-refractivity contribution in [3.8, 4) is 0 Å². The second-order valence-corrected chi connectivity index (χ2v) is 6.63. The lowest BCUT2D eigenvalue weighted by Crippen LogP contribution is -2.22. The maximum absolute atomic E-state index is 11.8. The Labute approximate surface area is 127 Å². The van der Waals surface area contributed by atoms with Crippen molar-refractivity contribution in [3.63, 3.8) is 0 Å². The van der Waals surface area contributed by atoms with Crippen LogP contribution in [0.25, 0.3) is 0 Å². The van der Waals surface area contributed by atoms with Crippen LogP contribution < -0.4 is 5.32 Å². The van der Waals surface area contributed by atoms with Gasteiger partial charge in [-0.3, -0.25) is 4.79 Å². The number of aromatic carboxylic acids is 1. The molecule has 0 aliphatic heterocycles. The maximum Gasteiger partial charge on any atom is 0.335 e. The third kappa shape index (κ3) is 3.77. The number of hydrogen-bond acceptors (Lipinski definition) is 3. The molecule has 4 nitrogen and oxygen atoms in total. The zero-order valence-corrected chi connectivity index (χ0v) is 12.7. The molecule has 1 amide bonds. The van der Waals surface area contributed by atoms with E-state index in [4.69, 9.17) is 5.11 Å². The lowest BCUT2D eigenvalue weighted by atomic mass is 10.1. The Morgan fingerprint density at radius 3 is 2.42 bits per heavy atom. The van der Waals surface area contributed by atoms with Gasteiger partial charge >= 0.3 is 5.97 Å². The fraction of sp³-hybridized carbons (Fsp3) is 0.0769. The normalized spacial score (nSPS) is 10.2. The van der Waals surface area contributed by atoms with Crippen molar-refractivity contribution in [2.24, 2.45) is 0 Å². The Kier molecular flexibility index (Phi) is 4.54. The molecule has 0 saturated heterocycles. The van der Waals surface area contributed by atoms with Crippen molar-refractivity contribution in [2.45, 2.75) is 6.54 Å². The van der Waals surface area contributed by atoms with Crippen molar-refractivity contribution >= 4 is 45.8 Å². The molecule has 0 atom stereocenters. The van der Waals surface area contributed by atoms with E-state index < -0.39 is 5.97 Å². The van der Waals surface area contributed by atoms with E-state index in [9.17, 15) is 9.59 Å². The van der Waals surface area contributed by atoms with E-state index in [-0.39, 0.29) is 11.5 Å². The molecule has 1 heterocycles. The first-order chi connectivity index (χ1) is 9.06. The number of carboxylic acids is 1. The van der Waals surface area contributed by atoms with Crippen molar-refractivity contribution in [1.82, 2.24) is 5.32 Å². The Morgan fingerprint density at radius 2 is 1.89 bits per heavy atom. The van der Waals surface area contributed by atoms with E-state index in [1.165, 1.54) is 23.5 Å². The van der Waals surface area contributed by atoms with Crippen molar-refractivity contribution in [2.75, 3.05) is 0 Å². The van der Waals surface area contributed by atoms with Gasteiger partial charge in [0.05, 0.1) is 14.0 Å². The summed E-state index contributed by atoms with van der Waals surface area (Å²) in [6, 6.07) is 8.27. The number of rotatable bonds is 4. The number of benzene rings is 1. The number of halogens is 1. The van der Waals surface area contributed by atoms with Gasteiger partial charge in [0.2, 0.25) is 0 Å². The monoisotopic (exact) mass is 387 g/mol. The number of hydrogen-bond donors (Lipinski definition) is 2. The summed E-state index contributed by atoms with van der Waals surface area (Å²) in [7, 11) is 0. The van der Waals surface area contributed by atoms with Gasteiger partial charge in [-0.15, -0.1) is 11.3 Å². The highest BCUT2D eigenvalue weighted by Crippen LogP contribution is 2.16. The Balaban J connectivity index is 1.95. The molecule has 0 bridgehead atoms. The highest BCUT2D eigenvalue weighted by atomic mass is 127. The molecule has 1 aromatic heterocycles. The summed E-state index contributed by atoms with van der Waals surface area (Å²) in [4.78, 5) is 22.5. The standard InChI is InChI=1S/C13H10INO3S/c14-11-5-10(7-19-11)12(16)15-6-8-1-3-9(4-2-8)13(17)18/h1-5,7H,6H2,(H,15,16)(H,17,18). The smallest absolute Gasteiger partial charge is 0.335 e. The Hall–Kier alpha value is -1.41. The molecular formula is C13H10INO3S. The zero-order valence-electron chi connectivity index (χ0n) is 9.72. The van der Waals surface area contributed by atoms with E-state index >= 15 is 0 Å². The van der Waals surface area contributed by atoms with Crippen molar-refractivity contribution in [1.29, 1.82) is 0 Å². The fourth-order valence-corrected chi connectivity index (χ4v) is 2.81. The lowest BCUT2D eigenvalue weighted by Gasteiger charge is -2.04. The van der Waals surface area contributed by atoms with Gasteiger partial charge in [0.25, 0.3) is 5.91 Å². The maximum atomic E-state index is 11.8. The highest BCUT2D eigenvalue weighted by Gasteiger charge is 2.07. The van der Waals surface area contributed by atoms with Gasteiger partial charge in [0.15, 0.2) is 0 Å². The van der Waals surface area contributed by atoms with Crippen LogP contribution in [0.2, 0.25) is 0 Å². The molecule has 0 aliphatic rings. The quantitative estimate of drug-likeness (QED) is 0.793. The molecule has 0 radical (unpaired) electrons. The van der Waals surface area contributed by atoms with Crippen LogP contribution in [0.4, 0.5) is 0 Å². The number of carbonyl (C=O) groups is 2. The first-order valence-corrected chi connectivity index (χ1v) is 7.36. The SMILES string of the molecule is O=C(O)c1ccc(CNC(=O)c2csc(I)c2)cc1. The van der Waals surface area contributed by atoms with Crippen molar-refractivity contribution < 1.29 is 14.7 Å². The number of amides is 1. The predicted octanol–water partition coefficient (Wildman–Crippen LogP) is 2.98. The third-order valence-corrected chi connectivity index (χ3v) is 4.27. The Bertz CT molecular complexity index is 607. The minimum absolute atomic E-state index is 0.124. The van der Waals surface area contributed by atoms with Crippen LogP contribution >= 0.6 is 33.9 Å². The van der Waals surface area contributed by atoms with Gasteiger partial charge in [-0.25, -0.2) is 4.79 Å². The molecule has 0 spiro atoms. The Morgan fingerprint density at radius 1 is 1.21 bits per heavy atom. The average Bonchev–Trinajstić information content (AvgIpc) is 2.83. The number of carbonyl (C=O) groups excluding carboxylic acids is 1. The molecular weight excluding hydrogens is 377 g/mol. The van der Waals surface area contributed by atoms with E-state index in [1.807, 2.05) is 11.4 Å². The summed E-state index contributed by atoms with van der Waals surface area (Å²) in [5, 5.41) is 13.4. The molecule has 0 saturated carbocycles. The molecule has 2 aromatic rings. The lowest BCUT2D eigenvalue weighted by molar-refractivity contribution is 0.0696. The molecule has 0 unspecified atom stereocenters. The van der Waals surface area contributed by atoms with E-state index in [2.05, 4.69) is 27.9 Å². The number of carboxylic acid groups (broad SMARTS) is 1. The van der Waals surface area contributed by atoms with Gasteiger partial charge in [-0.1, -0.05) is 12.1 Å². The molecule has 2 rings (SSSR count). The largest absolute Gasteiger partial charge is 0.478 e. The second kappa shape index (κ2) is 6.16. The van der Waals surface area contributed by atoms with Gasteiger partial charge in [-0.05, 0) is 46.4 Å². The van der Waals surface area contributed by atoms with Gasteiger partial charge < -0.3 is 10.4 Å². The van der Waals surface area contributed by atoms with Crippen LogP contribution in [-0.4, -0.2) is 17.0 Å². The molecule has 1 aromatic carbocycles. The van der Waals surface area contributed by atoms with E-state index in [0.717, 1.165) is 8.45 Å². The zero-order chi connectivity index (χ0) is 13.8. The minimum Gasteiger partial charge on any atom is -0.478 e. The first kappa shape index (κ1) is 14.0. The summed E-state index contributed by atoms with van der Waals surface area (Å²) >= 11 is 3.69. The van der Waals surface area contributed by atoms with Gasteiger partial charge in [-0.2, -0.15) is 0 Å². The van der Waals surface area contributed by atoms with Crippen LogP contribution in [0.3, 0.4) is 0 Å². The van der Waals surface area contributed by atoms with Crippen molar-refractivity contribution in [3.05, 3.63) is 55.3 Å². The summed E-state index contributed by atoms with van der Waals surface area (Å²) in [6.45, 7) is 0.380. The van der Waals surface area contributed by atoms with Gasteiger partial charge in [0, 0.05) is 11.9 Å². The molecule has 2 N–H and O–H groups in total. The molecule has 6 heteroatoms. The fourth-order valence-electron chi connectivity index (χ4n) is 1.48. The number of nitrogens with one attached hydrogen (secondary N) is 1. The second-order valence-electron chi connectivity index (χ2n) is 3.82. The topological polar surface area (TPSA) is 66.4 Å². The van der Waals surface area contributed by atoms with E-state index in [1.54, 1.807) is 12.1 Å². The summed E-state index contributed by atoms with van der Waals surface area (Å²) in [5.41, 5.74) is 1.75. The first-order valence-electron chi connectivity index (χ1n) is 5.41. The summed E-state index contributed by atoms with van der Waals surface area (Å²) in [6.07, 6.45) is 0.